The van der Waals surface area contributed by atoms with Crippen LogP contribution in [0.15, 0.2) is 47.4 Å². The fourth-order valence-electron chi connectivity index (χ4n) is 3.07. The van der Waals surface area contributed by atoms with Gasteiger partial charge in [0.1, 0.15) is 5.75 Å². The van der Waals surface area contributed by atoms with Gasteiger partial charge < -0.3 is 10.1 Å². The first-order valence-electron chi connectivity index (χ1n) is 7.43. The Morgan fingerprint density at radius 1 is 1.14 bits per heavy atom. The number of hydrogen-bond donors (Lipinski definition) is 1. The SMILES string of the molecule is COc1ccc(CSc2ccc3c(c2)NCC32CC2)cc1. The topological polar surface area (TPSA) is 21.3 Å². The third kappa shape index (κ3) is 2.40. The third-order valence-electron chi connectivity index (χ3n) is 4.60. The summed E-state index contributed by atoms with van der Waals surface area (Å²) in [5, 5.41) is 3.58. The van der Waals surface area contributed by atoms with Gasteiger partial charge in [0.2, 0.25) is 0 Å². The molecule has 4 rings (SSSR count). The summed E-state index contributed by atoms with van der Waals surface area (Å²) in [6.45, 7) is 1.13. The molecular weight excluding hydrogens is 278 g/mol. The van der Waals surface area contributed by atoms with Crippen molar-refractivity contribution in [1.29, 1.82) is 0 Å². The summed E-state index contributed by atoms with van der Waals surface area (Å²) < 4.78 is 5.19. The van der Waals surface area contributed by atoms with Crippen LogP contribution in [0, 0.1) is 0 Å². The average molecular weight is 297 g/mol. The van der Waals surface area contributed by atoms with Gasteiger partial charge in [-0.1, -0.05) is 18.2 Å². The van der Waals surface area contributed by atoms with E-state index in [1.54, 1.807) is 7.11 Å². The first-order valence-corrected chi connectivity index (χ1v) is 8.42. The molecule has 108 valence electrons. The second-order valence-corrected chi connectivity index (χ2v) is 7.03. The van der Waals surface area contributed by atoms with Gasteiger partial charge in [-0.2, -0.15) is 0 Å². The molecule has 2 aromatic rings. The van der Waals surface area contributed by atoms with E-state index in [4.69, 9.17) is 4.74 Å². The van der Waals surface area contributed by atoms with Gasteiger partial charge in [-0.05, 0) is 48.2 Å². The normalized spacial score (nSPS) is 17.4. The number of fused-ring (bicyclic) bond motifs is 2. The Bertz CT molecular complexity index is 661. The predicted molar refractivity (Wildman–Crippen MR) is 88.4 cm³/mol. The van der Waals surface area contributed by atoms with Gasteiger partial charge in [-0.15, -0.1) is 11.8 Å². The van der Waals surface area contributed by atoms with Gasteiger partial charge in [-0.25, -0.2) is 0 Å². The number of thioether (sulfide) groups is 1. The molecule has 1 fully saturated rings. The molecule has 1 N–H and O–H groups in total. The van der Waals surface area contributed by atoms with Crippen molar-refractivity contribution in [2.45, 2.75) is 28.9 Å². The molecule has 0 radical (unpaired) electrons. The highest BCUT2D eigenvalue weighted by atomic mass is 32.2. The van der Waals surface area contributed by atoms with Crippen LogP contribution < -0.4 is 10.1 Å². The van der Waals surface area contributed by atoms with Gasteiger partial charge >= 0.3 is 0 Å². The molecule has 1 saturated carbocycles. The highest BCUT2D eigenvalue weighted by Crippen LogP contribution is 2.54. The van der Waals surface area contributed by atoms with Crippen LogP contribution in [0.3, 0.4) is 0 Å². The molecule has 0 unspecified atom stereocenters. The minimum atomic E-state index is 0.495. The van der Waals surface area contributed by atoms with Crippen molar-refractivity contribution in [2.75, 3.05) is 19.0 Å². The van der Waals surface area contributed by atoms with E-state index in [0.29, 0.717) is 5.41 Å². The Morgan fingerprint density at radius 2 is 1.95 bits per heavy atom. The zero-order valence-electron chi connectivity index (χ0n) is 12.2. The molecule has 0 atom stereocenters. The number of anilines is 1. The second-order valence-electron chi connectivity index (χ2n) is 5.98. The Morgan fingerprint density at radius 3 is 2.67 bits per heavy atom. The summed E-state index contributed by atoms with van der Waals surface area (Å²) in [5.74, 6) is 1.91. The maximum atomic E-state index is 5.19. The van der Waals surface area contributed by atoms with Crippen LogP contribution in [0.2, 0.25) is 0 Å². The first kappa shape index (κ1) is 13.1. The Hall–Kier alpha value is -1.61. The highest BCUT2D eigenvalue weighted by molar-refractivity contribution is 7.98. The number of ether oxygens (including phenoxy) is 1. The zero-order chi connectivity index (χ0) is 14.3. The van der Waals surface area contributed by atoms with E-state index in [1.165, 1.54) is 34.6 Å². The number of hydrogen-bond acceptors (Lipinski definition) is 3. The highest BCUT2D eigenvalue weighted by Gasteiger charge is 2.48. The largest absolute Gasteiger partial charge is 0.497 e. The molecule has 0 amide bonds. The molecule has 0 saturated heterocycles. The Balaban J connectivity index is 1.45. The molecule has 2 aromatic carbocycles. The summed E-state index contributed by atoms with van der Waals surface area (Å²) in [7, 11) is 1.70. The van der Waals surface area contributed by atoms with Crippen LogP contribution >= 0.6 is 11.8 Å². The third-order valence-corrected chi connectivity index (χ3v) is 5.66. The van der Waals surface area contributed by atoms with Gasteiger partial charge in [0, 0.05) is 28.3 Å². The number of benzene rings is 2. The molecule has 1 heterocycles. The Kier molecular flexibility index (Phi) is 3.11. The lowest BCUT2D eigenvalue weighted by atomic mass is 9.99. The lowest BCUT2D eigenvalue weighted by Gasteiger charge is -2.08. The maximum absolute atomic E-state index is 5.19. The van der Waals surface area contributed by atoms with Crippen molar-refractivity contribution >= 4 is 17.4 Å². The summed E-state index contributed by atoms with van der Waals surface area (Å²) in [6, 6.07) is 15.2. The number of methoxy groups -OCH3 is 1. The molecule has 1 aliphatic carbocycles. The van der Waals surface area contributed by atoms with Crippen LogP contribution in [0.4, 0.5) is 5.69 Å². The second kappa shape index (κ2) is 4.99. The molecule has 21 heavy (non-hydrogen) atoms. The molecule has 2 nitrogen and oxygen atoms in total. The first-order chi connectivity index (χ1) is 10.3. The minimum absolute atomic E-state index is 0.495. The predicted octanol–water partition coefficient (Wildman–Crippen LogP) is 4.44. The van der Waals surface area contributed by atoms with Gasteiger partial charge in [0.25, 0.3) is 0 Å². The van der Waals surface area contributed by atoms with Crippen molar-refractivity contribution in [3.05, 3.63) is 53.6 Å². The van der Waals surface area contributed by atoms with Crippen LogP contribution in [-0.2, 0) is 11.2 Å². The monoisotopic (exact) mass is 297 g/mol. The van der Waals surface area contributed by atoms with Crippen molar-refractivity contribution in [3.8, 4) is 5.75 Å². The molecule has 0 aromatic heterocycles. The molecule has 3 heteroatoms. The van der Waals surface area contributed by atoms with E-state index in [1.807, 2.05) is 23.9 Å². The quantitative estimate of drug-likeness (QED) is 0.843. The summed E-state index contributed by atoms with van der Waals surface area (Å²) >= 11 is 1.89. The van der Waals surface area contributed by atoms with Crippen LogP contribution in [0.5, 0.6) is 5.75 Å². The Labute approximate surface area is 129 Å². The maximum Gasteiger partial charge on any atom is 0.118 e. The zero-order valence-corrected chi connectivity index (χ0v) is 13.0. The fourth-order valence-corrected chi connectivity index (χ4v) is 3.96. The molecule has 2 aliphatic rings. The molecule has 1 aliphatic heterocycles. The van der Waals surface area contributed by atoms with Crippen LogP contribution in [-0.4, -0.2) is 13.7 Å². The number of rotatable bonds is 4. The van der Waals surface area contributed by atoms with E-state index in [0.717, 1.165) is 18.0 Å². The van der Waals surface area contributed by atoms with Crippen LogP contribution in [0.1, 0.15) is 24.0 Å². The average Bonchev–Trinajstić information content (AvgIpc) is 3.23. The minimum Gasteiger partial charge on any atom is -0.497 e. The van der Waals surface area contributed by atoms with E-state index >= 15 is 0 Å². The van der Waals surface area contributed by atoms with Crippen molar-refractivity contribution in [1.82, 2.24) is 0 Å². The van der Waals surface area contributed by atoms with E-state index in [2.05, 4.69) is 35.6 Å². The molecular formula is C18H19NOS. The fraction of sp³-hybridized carbons (Fsp3) is 0.333. The van der Waals surface area contributed by atoms with Gasteiger partial charge in [0.05, 0.1) is 7.11 Å². The van der Waals surface area contributed by atoms with E-state index in [-0.39, 0.29) is 0 Å². The lowest BCUT2D eigenvalue weighted by Crippen LogP contribution is -2.07. The summed E-state index contributed by atoms with van der Waals surface area (Å²) in [5.41, 5.74) is 4.71. The molecule has 1 spiro atoms. The van der Waals surface area contributed by atoms with E-state index < -0.39 is 0 Å². The van der Waals surface area contributed by atoms with Gasteiger partial charge in [-0.3, -0.25) is 0 Å². The standard InChI is InChI=1S/C18H19NOS/c1-20-14-4-2-13(3-5-14)11-21-15-6-7-16-17(10-15)19-12-18(16)8-9-18/h2-7,10,19H,8-9,11-12H2,1H3. The summed E-state index contributed by atoms with van der Waals surface area (Å²) in [6.07, 6.45) is 2.71. The van der Waals surface area contributed by atoms with Gasteiger partial charge in [0.15, 0.2) is 0 Å². The van der Waals surface area contributed by atoms with Crippen molar-refractivity contribution in [2.24, 2.45) is 0 Å². The molecule has 0 bridgehead atoms. The van der Waals surface area contributed by atoms with Crippen molar-refractivity contribution in [3.63, 3.8) is 0 Å². The van der Waals surface area contributed by atoms with E-state index in [9.17, 15) is 0 Å². The smallest absolute Gasteiger partial charge is 0.118 e. The van der Waals surface area contributed by atoms with Crippen LogP contribution in [0.25, 0.3) is 0 Å². The lowest BCUT2D eigenvalue weighted by molar-refractivity contribution is 0.414. The summed E-state index contributed by atoms with van der Waals surface area (Å²) in [4.78, 5) is 1.34. The van der Waals surface area contributed by atoms with Crippen molar-refractivity contribution < 1.29 is 4.74 Å². The number of nitrogens with one attached hydrogen (secondary N) is 1.